The summed E-state index contributed by atoms with van der Waals surface area (Å²) in [7, 11) is 0. The Kier molecular flexibility index (Phi) is 3.43. The molecule has 0 fully saturated rings. The van der Waals surface area contributed by atoms with E-state index in [9.17, 15) is 14.9 Å². The second-order valence-corrected chi connectivity index (χ2v) is 3.90. The number of anilines is 1. The summed E-state index contributed by atoms with van der Waals surface area (Å²) in [4.78, 5) is 25.6. The van der Waals surface area contributed by atoms with Crippen molar-refractivity contribution in [2.24, 2.45) is 0 Å². The summed E-state index contributed by atoms with van der Waals surface area (Å²) in [6.07, 6.45) is 1.20. The monoisotopic (exact) mass is 282 g/mol. The van der Waals surface area contributed by atoms with Gasteiger partial charge in [-0.25, -0.2) is 4.98 Å². The number of carbonyl (C=O) groups excluding carboxylic acids is 1. The van der Waals surface area contributed by atoms with E-state index in [1.807, 2.05) is 0 Å². The maximum Gasteiger partial charge on any atom is 0.319 e. The zero-order valence-electron chi connectivity index (χ0n) is 9.58. The molecular formula is C10H7ClN4O4. The molecular weight excluding hydrogens is 276 g/mol. The van der Waals surface area contributed by atoms with E-state index in [1.165, 1.54) is 18.3 Å². The van der Waals surface area contributed by atoms with Crippen LogP contribution in [0.15, 0.2) is 22.9 Å². The number of aryl methyl sites for hydroxylation is 1. The minimum Gasteiger partial charge on any atom is -0.338 e. The van der Waals surface area contributed by atoms with Crippen molar-refractivity contribution in [2.75, 3.05) is 5.32 Å². The minimum absolute atomic E-state index is 0.0877. The molecule has 0 spiro atoms. The number of carbonyl (C=O) groups is 1. The number of halogens is 1. The average Bonchev–Trinajstić information content (AvgIpc) is 2.73. The number of aromatic nitrogens is 2. The van der Waals surface area contributed by atoms with Crippen molar-refractivity contribution in [1.82, 2.24) is 10.1 Å². The van der Waals surface area contributed by atoms with Crippen LogP contribution < -0.4 is 5.32 Å². The van der Waals surface area contributed by atoms with Gasteiger partial charge in [-0.3, -0.25) is 20.2 Å². The van der Waals surface area contributed by atoms with Gasteiger partial charge < -0.3 is 4.52 Å². The van der Waals surface area contributed by atoms with Crippen LogP contribution in [-0.4, -0.2) is 21.0 Å². The molecule has 1 amide bonds. The molecule has 8 nitrogen and oxygen atoms in total. The van der Waals surface area contributed by atoms with Gasteiger partial charge in [-0.05, 0) is 13.0 Å². The van der Waals surface area contributed by atoms with Crippen molar-refractivity contribution in [3.8, 4) is 0 Å². The third kappa shape index (κ3) is 2.68. The Morgan fingerprint density at radius 3 is 2.89 bits per heavy atom. The molecule has 2 heterocycles. The highest BCUT2D eigenvalue weighted by atomic mass is 35.5. The van der Waals surface area contributed by atoms with Crippen LogP contribution in [-0.2, 0) is 0 Å². The molecule has 0 saturated heterocycles. The van der Waals surface area contributed by atoms with E-state index in [1.54, 1.807) is 6.92 Å². The minimum atomic E-state index is -0.768. The van der Waals surface area contributed by atoms with E-state index in [0.29, 0.717) is 5.69 Å². The van der Waals surface area contributed by atoms with Gasteiger partial charge in [0.15, 0.2) is 0 Å². The summed E-state index contributed by atoms with van der Waals surface area (Å²) < 4.78 is 4.79. The van der Waals surface area contributed by atoms with Crippen molar-refractivity contribution in [3.63, 3.8) is 0 Å². The molecule has 0 aliphatic heterocycles. The molecule has 2 aromatic heterocycles. The average molecular weight is 283 g/mol. The van der Waals surface area contributed by atoms with E-state index in [4.69, 9.17) is 16.1 Å². The number of hydrogen-bond donors (Lipinski definition) is 1. The number of nitro groups is 1. The molecule has 1 N–H and O–H groups in total. The molecule has 0 saturated carbocycles. The lowest BCUT2D eigenvalue weighted by Gasteiger charge is -2.02. The van der Waals surface area contributed by atoms with Crippen LogP contribution >= 0.6 is 11.6 Å². The number of hydrogen-bond acceptors (Lipinski definition) is 6. The Hall–Kier alpha value is -2.48. The fraction of sp³-hybridized carbons (Fsp3) is 0.100. The lowest BCUT2D eigenvalue weighted by atomic mass is 10.2. The SMILES string of the molecule is Cc1cc(NC(=O)c2ccnc(Cl)c2[N+](=O)[O-])on1. The van der Waals surface area contributed by atoms with Crippen molar-refractivity contribution in [2.45, 2.75) is 6.92 Å². The Morgan fingerprint density at radius 2 is 2.32 bits per heavy atom. The van der Waals surface area contributed by atoms with E-state index in [-0.39, 0.29) is 16.6 Å². The third-order valence-corrected chi connectivity index (χ3v) is 2.45. The van der Waals surface area contributed by atoms with E-state index >= 15 is 0 Å². The fourth-order valence-electron chi connectivity index (χ4n) is 1.39. The Labute approximate surface area is 111 Å². The molecule has 9 heteroatoms. The molecule has 0 atom stereocenters. The summed E-state index contributed by atoms with van der Waals surface area (Å²) in [5.74, 6) is -0.642. The number of nitrogens with zero attached hydrogens (tertiary/aromatic N) is 3. The van der Waals surface area contributed by atoms with Gasteiger partial charge in [0.05, 0.1) is 10.6 Å². The number of nitrogens with one attached hydrogen (secondary N) is 1. The van der Waals surface area contributed by atoms with Crippen LogP contribution in [0.2, 0.25) is 5.15 Å². The standard InChI is InChI=1S/C10H7ClN4O4/c1-5-4-7(19-14-5)13-10(16)6-2-3-12-9(11)8(6)15(17)18/h2-4H,1H3,(H,13,16). The first-order chi connectivity index (χ1) is 8.99. The van der Waals surface area contributed by atoms with Crippen LogP contribution in [0.5, 0.6) is 0 Å². The molecule has 19 heavy (non-hydrogen) atoms. The first-order valence-electron chi connectivity index (χ1n) is 5.02. The second kappa shape index (κ2) is 5.02. The van der Waals surface area contributed by atoms with Gasteiger partial charge in [0.25, 0.3) is 5.91 Å². The van der Waals surface area contributed by atoms with Crippen molar-refractivity contribution in [3.05, 3.63) is 44.9 Å². The van der Waals surface area contributed by atoms with Crippen molar-refractivity contribution < 1.29 is 14.2 Å². The van der Waals surface area contributed by atoms with Crippen LogP contribution in [0.1, 0.15) is 16.1 Å². The first kappa shape index (κ1) is 13.0. The largest absolute Gasteiger partial charge is 0.338 e. The van der Waals surface area contributed by atoms with Gasteiger partial charge in [-0.1, -0.05) is 16.8 Å². The molecule has 0 aliphatic carbocycles. The highest BCUT2D eigenvalue weighted by Gasteiger charge is 2.25. The molecule has 0 aliphatic rings. The molecule has 0 unspecified atom stereocenters. The molecule has 0 bridgehead atoms. The Bertz CT molecular complexity index is 655. The summed E-state index contributed by atoms with van der Waals surface area (Å²) in [6, 6.07) is 2.68. The van der Waals surface area contributed by atoms with Gasteiger partial charge in [-0.2, -0.15) is 0 Å². The van der Waals surface area contributed by atoms with Crippen molar-refractivity contribution in [1.29, 1.82) is 0 Å². The smallest absolute Gasteiger partial charge is 0.319 e. The van der Waals surface area contributed by atoms with Gasteiger partial charge in [0, 0.05) is 12.3 Å². The van der Waals surface area contributed by atoms with Gasteiger partial charge in [-0.15, -0.1) is 0 Å². The van der Waals surface area contributed by atoms with Gasteiger partial charge >= 0.3 is 5.69 Å². The van der Waals surface area contributed by atoms with E-state index in [2.05, 4.69) is 15.5 Å². The predicted octanol–water partition coefficient (Wildman–Crippen LogP) is 2.19. The fourth-order valence-corrected chi connectivity index (χ4v) is 1.61. The molecule has 2 rings (SSSR count). The topological polar surface area (TPSA) is 111 Å². The number of rotatable bonds is 3. The maximum atomic E-state index is 11.9. The Balaban J connectivity index is 2.34. The van der Waals surface area contributed by atoms with Crippen LogP contribution in [0.3, 0.4) is 0 Å². The van der Waals surface area contributed by atoms with Gasteiger partial charge in [0.1, 0.15) is 5.56 Å². The van der Waals surface area contributed by atoms with E-state index in [0.717, 1.165) is 0 Å². The van der Waals surface area contributed by atoms with Crippen LogP contribution in [0.25, 0.3) is 0 Å². The lowest BCUT2D eigenvalue weighted by molar-refractivity contribution is -0.385. The quantitative estimate of drug-likeness (QED) is 0.525. The second-order valence-electron chi connectivity index (χ2n) is 3.54. The first-order valence-corrected chi connectivity index (χ1v) is 5.40. The molecule has 0 aromatic carbocycles. The normalized spacial score (nSPS) is 10.2. The molecule has 98 valence electrons. The van der Waals surface area contributed by atoms with Crippen LogP contribution in [0.4, 0.5) is 11.6 Å². The summed E-state index contributed by atoms with van der Waals surface area (Å²) in [6.45, 7) is 1.67. The predicted molar refractivity (Wildman–Crippen MR) is 65.1 cm³/mol. The highest BCUT2D eigenvalue weighted by molar-refractivity contribution is 6.32. The van der Waals surface area contributed by atoms with Crippen molar-refractivity contribution >= 4 is 29.1 Å². The summed E-state index contributed by atoms with van der Waals surface area (Å²) in [5.41, 5.74) is -0.200. The van der Waals surface area contributed by atoms with E-state index < -0.39 is 16.5 Å². The zero-order valence-corrected chi connectivity index (χ0v) is 10.3. The maximum absolute atomic E-state index is 11.9. The number of pyridine rings is 1. The summed E-state index contributed by atoms with van der Waals surface area (Å²) in [5, 5.41) is 16.4. The zero-order chi connectivity index (χ0) is 14.0. The molecule has 0 radical (unpaired) electrons. The van der Waals surface area contributed by atoms with Gasteiger partial charge in [0.2, 0.25) is 11.0 Å². The summed E-state index contributed by atoms with van der Waals surface area (Å²) >= 11 is 5.61. The number of amides is 1. The lowest BCUT2D eigenvalue weighted by Crippen LogP contribution is -2.14. The molecule has 2 aromatic rings. The highest BCUT2D eigenvalue weighted by Crippen LogP contribution is 2.26. The van der Waals surface area contributed by atoms with Crippen LogP contribution in [0, 0.1) is 17.0 Å². The third-order valence-electron chi connectivity index (χ3n) is 2.17. The Morgan fingerprint density at radius 1 is 1.58 bits per heavy atom.